The third kappa shape index (κ3) is 5.37. The minimum Gasteiger partial charge on any atom is -0.366 e. The maximum absolute atomic E-state index is 5.13. The number of hydrogen-bond donors (Lipinski definition) is 0. The molecule has 5 heteroatoms. The highest BCUT2D eigenvalue weighted by molar-refractivity contribution is 9.23. The van der Waals surface area contributed by atoms with Crippen LogP contribution in [0.25, 0.3) is 0 Å². The van der Waals surface area contributed by atoms with Crippen molar-refractivity contribution in [3.63, 3.8) is 0 Å². The van der Waals surface area contributed by atoms with Gasteiger partial charge in [0.2, 0.25) is 8.38 Å². The third-order valence-corrected chi connectivity index (χ3v) is 2.00. The molecule has 3 nitrogen and oxygen atoms in total. The summed E-state index contributed by atoms with van der Waals surface area (Å²) >= 11 is 3.25. The van der Waals surface area contributed by atoms with E-state index < -0.39 is 14.9 Å². The Bertz CT molecular complexity index is 59.6. The predicted octanol–water partition coefficient (Wildman–Crippen LogP) is 0.753. The van der Waals surface area contributed by atoms with Crippen LogP contribution in [-0.2, 0) is 13.9 Å². The summed E-state index contributed by atoms with van der Waals surface area (Å²) in [5, 5.41) is 0. The van der Waals surface area contributed by atoms with Gasteiger partial charge in [0.1, 0.15) is 0 Å². The second-order valence-corrected chi connectivity index (χ2v) is 3.40. The first-order chi connectivity index (χ1) is 4.85. The van der Waals surface area contributed by atoms with E-state index in [1.165, 1.54) is 0 Å². The molecule has 0 aliphatic heterocycles. The van der Waals surface area contributed by atoms with Gasteiger partial charge in [-0.25, -0.2) is 0 Å². The Labute approximate surface area is 71.6 Å². The first-order valence-corrected chi connectivity index (χ1v) is 7.73. The molecule has 10 heavy (non-hydrogen) atoms. The molecule has 0 saturated carbocycles. The van der Waals surface area contributed by atoms with Crippen molar-refractivity contribution in [1.82, 2.24) is 0 Å². The lowest BCUT2D eigenvalue weighted by Crippen LogP contribution is -2.21. The van der Waals surface area contributed by atoms with Crippen LogP contribution in [0.1, 0.15) is 13.8 Å². The van der Waals surface area contributed by atoms with E-state index >= 15 is 0 Å². The zero-order valence-electron chi connectivity index (χ0n) is 6.30. The van der Waals surface area contributed by atoms with Gasteiger partial charge in [-0.15, -0.1) is 0 Å². The standard InChI is InChI=1S/C5H13BrO3Si/c1-3-7-5(8-4-2)9-10-6/h5H,3-4,10H2,1-2H3. The van der Waals surface area contributed by atoms with E-state index in [0.717, 1.165) is 0 Å². The molecular weight excluding hydrogens is 216 g/mol. The first kappa shape index (κ1) is 10.6. The number of rotatable bonds is 6. The molecule has 0 bridgehead atoms. The zero-order chi connectivity index (χ0) is 7.82. The molecule has 0 aliphatic rings. The van der Waals surface area contributed by atoms with Gasteiger partial charge in [-0.05, 0) is 13.8 Å². The molecule has 0 heterocycles. The summed E-state index contributed by atoms with van der Waals surface area (Å²) in [6.45, 7) is 4.59. The number of halogens is 1. The van der Waals surface area contributed by atoms with Gasteiger partial charge < -0.3 is 13.9 Å². The highest BCUT2D eigenvalue weighted by Crippen LogP contribution is 1.97. The smallest absolute Gasteiger partial charge is 0.262 e. The largest absolute Gasteiger partial charge is 0.366 e. The number of ether oxygens (including phenoxy) is 2. The van der Waals surface area contributed by atoms with Gasteiger partial charge in [-0.2, -0.15) is 0 Å². The molecule has 62 valence electrons. The number of hydrogen-bond acceptors (Lipinski definition) is 3. The van der Waals surface area contributed by atoms with Crippen molar-refractivity contribution in [2.24, 2.45) is 0 Å². The third-order valence-electron chi connectivity index (χ3n) is 0.805. The van der Waals surface area contributed by atoms with Crippen molar-refractivity contribution in [1.29, 1.82) is 0 Å². The van der Waals surface area contributed by atoms with Crippen molar-refractivity contribution in [2.45, 2.75) is 20.3 Å². The van der Waals surface area contributed by atoms with Crippen LogP contribution in [0.3, 0.4) is 0 Å². The molecule has 0 aromatic carbocycles. The fraction of sp³-hybridized carbons (Fsp3) is 1.00. The first-order valence-electron chi connectivity index (χ1n) is 3.25. The average molecular weight is 229 g/mol. The monoisotopic (exact) mass is 228 g/mol. The summed E-state index contributed by atoms with van der Waals surface area (Å²) in [6, 6.07) is 0. The maximum Gasteiger partial charge on any atom is 0.262 e. The molecule has 0 amide bonds. The maximum atomic E-state index is 5.13. The Morgan fingerprint density at radius 1 is 1.30 bits per heavy atom. The van der Waals surface area contributed by atoms with Crippen LogP contribution in [-0.4, -0.2) is 28.1 Å². The average Bonchev–Trinajstić information content (AvgIpc) is 1.90. The highest BCUT2D eigenvalue weighted by atomic mass is 79.9. The SMILES string of the molecule is CCOC(OCC)O[SiH2]Br. The van der Waals surface area contributed by atoms with Crippen LogP contribution in [0.5, 0.6) is 0 Å². The lowest BCUT2D eigenvalue weighted by atomic mass is 10.8. The van der Waals surface area contributed by atoms with E-state index in [1.54, 1.807) is 0 Å². The Hall–Kier alpha value is 0.577. The molecule has 0 radical (unpaired) electrons. The molecule has 0 N–H and O–H groups in total. The van der Waals surface area contributed by atoms with Crippen molar-refractivity contribution < 1.29 is 13.9 Å². The van der Waals surface area contributed by atoms with Crippen LogP contribution in [0.15, 0.2) is 0 Å². The summed E-state index contributed by atoms with van der Waals surface area (Å²) < 4.78 is 15.3. The molecular formula is C5H13BrO3Si. The topological polar surface area (TPSA) is 27.7 Å². The van der Waals surface area contributed by atoms with Crippen molar-refractivity contribution in [2.75, 3.05) is 13.2 Å². The Kier molecular flexibility index (Phi) is 8.12. The summed E-state index contributed by atoms with van der Waals surface area (Å²) in [7, 11) is -0.612. The summed E-state index contributed by atoms with van der Waals surface area (Å²) in [6.07, 6.45) is 0. The zero-order valence-corrected chi connectivity index (χ0v) is 9.30. The molecule has 0 aliphatic carbocycles. The molecule has 0 aromatic rings. The van der Waals surface area contributed by atoms with E-state index in [1.807, 2.05) is 13.8 Å². The molecule has 0 unspecified atom stereocenters. The van der Waals surface area contributed by atoms with E-state index in [4.69, 9.17) is 13.9 Å². The van der Waals surface area contributed by atoms with Gasteiger partial charge >= 0.3 is 0 Å². The molecule has 0 saturated heterocycles. The minimum atomic E-state index is -0.612. The van der Waals surface area contributed by atoms with Crippen molar-refractivity contribution >= 4 is 23.7 Å². The van der Waals surface area contributed by atoms with Crippen molar-refractivity contribution in [3.05, 3.63) is 0 Å². The van der Waals surface area contributed by atoms with Gasteiger partial charge in [0, 0.05) is 13.2 Å². The lowest BCUT2D eigenvalue weighted by Gasteiger charge is -2.15. The lowest BCUT2D eigenvalue weighted by molar-refractivity contribution is -0.242. The van der Waals surface area contributed by atoms with Gasteiger partial charge in [0.15, 0.2) is 0 Å². The summed E-state index contributed by atoms with van der Waals surface area (Å²) in [4.78, 5) is 0. The van der Waals surface area contributed by atoms with Gasteiger partial charge in [-0.1, -0.05) is 15.3 Å². The molecule has 0 fully saturated rings. The van der Waals surface area contributed by atoms with Gasteiger partial charge in [0.05, 0.1) is 0 Å². The summed E-state index contributed by atoms with van der Waals surface area (Å²) in [5.41, 5.74) is 0. The Balaban J connectivity index is 3.30. The fourth-order valence-corrected chi connectivity index (χ4v) is 1.41. The Morgan fingerprint density at radius 3 is 2.10 bits per heavy atom. The molecule has 0 aromatic heterocycles. The molecule has 0 atom stereocenters. The molecule has 0 spiro atoms. The van der Waals surface area contributed by atoms with E-state index in [9.17, 15) is 0 Å². The van der Waals surface area contributed by atoms with E-state index in [-0.39, 0.29) is 0 Å². The fourth-order valence-electron chi connectivity index (χ4n) is 0.468. The highest BCUT2D eigenvalue weighted by Gasteiger charge is 2.04. The quantitative estimate of drug-likeness (QED) is 0.382. The van der Waals surface area contributed by atoms with Gasteiger partial charge in [-0.3, -0.25) is 0 Å². The van der Waals surface area contributed by atoms with Crippen LogP contribution in [0.4, 0.5) is 0 Å². The van der Waals surface area contributed by atoms with E-state index in [2.05, 4.69) is 15.3 Å². The van der Waals surface area contributed by atoms with E-state index in [0.29, 0.717) is 13.2 Å². The second kappa shape index (κ2) is 7.68. The normalized spacial score (nSPS) is 12.0. The minimum absolute atomic E-state index is 0.457. The summed E-state index contributed by atoms with van der Waals surface area (Å²) in [5.74, 6) is 0. The molecule has 0 rings (SSSR count). The van der Waals surface area contributed by atoms with Crippen LogP contribution < -0.4 is 0 Å². The van der Waals surface area contributed by atoms with Crippen molar-refractivity contribution in [3.8, 4) is 0 Å². The van der Waals surface area contributed by atoms with Gasteiger partial charge in [0.25, 0.3) is 6.48 Å². The predicted molar refractivity (Wildman–Crippen MR) is 45.6 cm³/mol. The van der Waals surface area contributed by atoms with Crippen LogP contribution in [0, 0.1) is 0 Å². The Morgan fingerprint density at radius 2 is 1.80 bits per heavy atom. The second-order valence-electron chi connectivity index (χ2n) is 1.48. The van der Waals surface area contributed by atoms with Crippen LogP contribution in [0.2, 0.25) is 0 Å². The van der Waals surface area contributed by atoms with Crippen LogP contribution >= 0.6 is 15.3 Å².